The Morgan fingerprint density at radius 2 is 1.89 bits per heavy atom. The fraction of sp³-hybridized carbons (Fsp3) is 0.400. The molecule has 0 aromatic heterocycles. The van der Waals surface area contributed by atoms with Crippen LogP contribution in [0.15, 0.2) is 23.1 Å². The summed E-state index contributed by atoms with van der Waals surface area (Å²) < 4.78 is 63.4. The van der Waals surface area contributed by atoms with Crippen molar-refractivity contribution in [1.29, 1.82) is 0 Å². The van der Waals surface area contributed by atoms with Crippen molar-refractivity contribution in [2.24, 2.45) is 0 Å². The maximum atomic E-state index is 12.5. The Kier molecular flexibility index (Phi) is 5.19. The summed E-state index contributed by atoms with van der Waals surface area (Å²) in [5, 5.41) is 2.44. The van der Waals surface area contributed by atoms with Gasteiger partial charge >= 0.3 is 6.18 Å². The highest BCUT2D eigenvalue weighted by Crippen LogP contribution is 2.33. The predicted octanol–water partition coefficient (Wildman–Crippen LogP) is 1.86. The Labute approximate surface area is 114 Å². The molecular weight excluding hydrogens is 305 g/mol. The van der Waals surface area contributed by atoms with Gasteiger partial charge in [-0.1, -0.05) is 11.6 Å². The molecule has 0 amide bonds. The van der Waals surface area contributed by atoms with Gasteiger partial charge < -0.3 is 5.32 Å². The number of nitrogens with one attached hydrogen (secondary N) is 2. The van der Waals surface area contributed by atoms with E-state index in [0.717, 1.165) is 12.1 Å². The van der Waals surface area contributed by atoms with Crippen LogP contribution in [0.3, 0.4) is 0 Å². The molecule has 0 radical (unpaired) electrons. The molecule has 0 bridgehead atoms. The zero-order chi connectivity index (χ0) is 14.7. The average Bonchev–Trinajstić information content (AvgIpc) is 2.27. The summed E-state index contributed by atoms with van der Waals surface area (Å²) in [5.74, 6) is 0. The molecule has 19 heavy (non-hydrogen) atoms. The molecule has 0 heterocycles. The van der Waals surface area contributed by atoms with Gasteiger partial charge in [-0.25, -0.2) is 13.1 Å². The molecule has 0 fully saturated rings. The minimum atomic E-state index is -4.63. The third kappa shape index (κ3) is 4.34. The molecule has 0 spiro atoms. The Balaban J connectivity index is 3.12. The van der Waals surface area contributed by atoms with E-state index in [1.807, 2.05) is 0 Å². The standard InChI is InChI=1S/C10H12ClF3N2O2S/c1-15-4-5-16-19(17,18)9-6-7(10(12,13)14)2-3-8(9)11/h2-3,6,15-16H,4-5H2,1H3. The van der Waals surface area contributed by atoms with Crippen LogP contribution in [-0.2, 0) is 16.2 Å². The van der Waals surface area contributed by atoms with E-state index in [-0.39, 0.29) is 11.6 Å². The number of benzene rings is 1. The van der Waals surface area contributed by atoms with Crippen LogP contribution >= 0.6 is 11.6 Å². The average molecular weight is 317 g/mol. The number of likely N-dealkylation sites (N-methyl/N-ethyl adjacent to an activating group) is 1. The SMILES string of the molecule is CNCCNS(=O)(=O)c1cc(C(F)(F)F)ccc1Cl. The summed E-state index contributed by atoms with van der Waals surface area (Å²) in [6, 6.07) is 2.16. The van der Waals surface area contributed by atoms with Crippen LogP contribution in [0.25, 0.3) is 0 Å². The Morgan fingerprint density at radius 3 is 2.42 bits per heavy atom. The smallest absolute Gasteiger partial charge is 0.318 e. The minimum absolute atomic E-state index is 0.0470. The maximum Gasteiger partial charge on any atom is 0.416 e. The van der Waals surface area contributed by atoms with Crippen LogP contribution in [0.4, 0.5) is 13.2 Å². The van der Waals surface area contributed by atoms with Crippen molar-refractivity contribution in [3.63, 3.8) is 0 Å². The van der Waals surface area contributed by atoms with Crippen molar-refractivity contribution in [2.45, 2.75) is 11.1 Å². The van der Waals surface area contributed by atoms with Gasteiger partial charge in [-0.3, -0.25) is 0 Å². The first-order valence-corrected chi connectivity index (χ1v) is 7.05. The Hall–Kier alpha value is -0.830. The summed E-state index contributed by atoms with van der Waals surface area (Å²) in [5.41, 5.74) is -1.06. The first kappa shape index (κ1) is 16.2. The van der Waals surface area contributed by atoms with Crippen molar-refractivity contribution in [3.05, 3.63) is 28.8 Å². The molecule has 0 aliphatic heterocycles. The van der Waals surface area contributed by atoms with Crippen LogP contribution in [0.2, 0.25) is 5.02 Å². The van der Waals surface area contributed by atoms with Crippen LogP contribution in [0.5, 0.6) is 0 Å². The van der Waals surface area contributed by atoms with Crippen LogP contribution < -0.4 is 10.0 Å². The van der Waals surface area contributed by atoms with Gasteiger partial charge in [0.2, 0.25) is 10.0 Å². The fourth-order valence-electron chi connectivity index (χ4n) is 1.27. The lowest BCUT2D eigenvalue weighted by molar-refractivity contribution is -0.137. The zero-order valence-corrected chi connectivity index (χ0v) is 11.5. The molecule has 0 atom stereocenters. The monoisotopic (exact) mass is 316 g/mol. The van der Waals surface area contributed by atoms with Gasteiger partial charge in [-0.05, 0) is 25.2 Å². The highest BCUT2D eigenvalue weighted by atomic mass is 35.5. The summed E-state index contributed by atoms with van der Waals surface area (Å²) in [6.07, 6.45) is -4.63. The normalized spacial score (nSPS) is 12.7. The molecular formula is C10H12ClF3N2O2S. The van der Waals surface area contributed by atoms with Gasteiger partial charge in [0, 0.05) is 13.1 Å². The molecule has 0 aliphatic carbocycles. The molecule has 108 valence electrons. The molecule has 4 nitrogen and oxygen atoms in total. The van der Waals surface area contributed by atoms with Crippen LogP contribution in [0, 0.1) is 0 Å². The number of rotatable bonds is 5. The molecule has 0 aliphatic rings. The molecule has 1 rings (SSSR count). The van der Waals surface area contributed by atoms with Gasteiger partial charge in [-0.2, -0.15) is 13.2 Å². The highest BCUT2D eigenvalue weighted by Gasteiger charge is 2.32. The summed E-state index contributed by atoms with van der Waals surface area (Å²) in [6.45, 7) is 0.390. The van der Waals surface area contributed by atoms with Gasteiger partial charge in [0.15, 0.2) is 0 Å². The van der Waals surface area contributed by atoms with Gasteiger partial charge in [-0.15, -0.1) is 0 Å². The van der Waals surface area contributed by atoms with Crippen molar-refractivity contribution in [1.82, 2.24) is 10.0 Å². The topological polar surface area (TPSA) is 58.2 Å². The van der Waals surface area contributed by atoms with E-state index in [1.54, 1.807) is 7.05 Å². The summed E-state index contributed by atoms with van der Waals surface area (Å²) in [7, 11) is -2.45. The quantitative estimate of drug-likeness (QED) is 0.815. The Bertz CT molecular complexity index is 546. The number of alkyl halides is 3. The van der Waals surface area contributed by atoms with Crippen LogP contribution in [-0.4, -0.2) is 28.6 Å². The summed E-state index contributed by atoms with van der Waals surface area (Å²) >= 11 is 5.64. The molecule has 0 saturated carbocycles. The van der Waals surface area contributed by atoms with Gasteiger partial charge in [0.05, 0.1) is 10.6 Å². The molecule has 0 unspecified atom stereocenters. The van der Waals surface area contributed by atoms with E-state index in [1.165, 1.54) is 0 Å². The highest BCUT2D eigenvalue weighted by molar-refractivity contribution is 7.89. The zero-order valence-electron chi connectivity index (χ0n) is 9.88. The predicted molar refractivity (Wildman–Crippen MR) is 65.6 cm³/mol. The third-order valence-electron chi connectivity index (χ3n) is 2.22. The fourth-order valence-corrected chi connectivity index (χ4v) is 2.83. The number of halogens is 4. The lowest BCUT2D eigenvalue weighted by Crippen LogP contribution is -2.30. The molecule has 0 saturated heterocycles. The van der Waals surface area contributed by atoms with E-state index in [2.05, 4.69) is 10.0 Å². The van der Waals surface area contributed by atoms with Crippen molar-refractivity contribution >= 4 is 21.6 Å². The second-order valence-corrected chi connectivity index (χ2v) is 5.79. The van der Waals surface area contributed by atoms with Gasteiger partial charge in [0.1, 0.15) is 4.90 Å². The van der Waals surface area contributed by atoms with Crippen molar-refractivity contribution in [2.75, 3.05) is 20.1 Å². The van der Waals surface area contributed by atoms with Crippen molar-refractivity contribution < 1.29 is 21.6 Å². The summed E-state index contributed by atoms with van der Waals surface area (Å²) in [4.78, 5) is -0.583. The van der Waals surface area contributed by atoms with E-state index >= 15 is 0 Å². The lowest BCUT2D eigenvalue weighted by Gasteiger charge is -2.11. The second-order valence-electron chi connectivity index (χ2n) is 3.64. The van der Waals surface area contributed by atoms with E-state index in [4.69, 9.17) is 11.6 Å². The number of hydrogen-bond acceptors (Lipinski definition) is 3. The molecule has 9 heteroatoms. The first-order chi connectivity index (χ1) is 8.68. The number of hydrogen-bond donors (Lipinski definition) is 2. The van der Waals surface area contributed by atoms with E-state index in [0.29, 0.717) is 12.6 Å². The second kappa shape index (κ2) is 6.08. The molecule has 1 aromatic carbocycles. The lowest BCUT2D eigenvalue weighted by atomic mass is 10.2. The number of sulfonamides is 1. The Morgan fingerprint density at radius 1 is 1.26 bits per heavy atom. The first-order valence-electron chi connectivity index (χ1n) is 5.19. The van der Waals surface area contributed by atoms with E-state index in [9.17, 15) is 21.6 Å². The largest absolute Gasteiger partial charge is 0.416 e. The molecule has 2 N–H and O–H groups in total. The van der Waals surface area contributed by atoms with Crippen LogP contribution in [0.1, 0.15) is 5.56 Å². The van der Waals surface area contributed by atoms with Crippen molar-refractivity contribution in [3.8, 4) is 0 Å². The third-order valence-corrected chi connectivity index (χ3v) is 4.16. The molecule has 1 aromatic rings. The maximum absolute atomic E-state index is 12.5. The minimum Gasteiger partial charge on any atom is -0.318 e. The van der Waals surface area contributed by atoms with E-state index < -0.39 is 26.7 Å². The van der Waals surface area contributed by atoms with Gasteiger partial charge in [0.25, 0.3) is 0 Å².